The Labute approximate surface area is 261 Å². The lowest BCUT2D eigenvalue weighted by atomic mass is 9.85. The lowest BCUT2D eigenvalue weighted by molar-refractivity contribution is 0.171. The van der Waals surface area contributed by atoms with Crippen LogP contribution in [0.15, 0.2) is 66.9 Å². The average Bonchev–Trinajstić information content (AvgIpc) is 3.60. The van der Waals surface area contributed by atoms with Crippen LogP contribution in [0.2, 0.25) is 5.02 Å². The number of halogens is 1. The number of phenols is 1. The first kappa shape index (κ1) is 29.5. The fourth-order valence-electron chi connectivity index (χ4n) is 5.51. The van der Waals surface area contributed by atoms with Gasteiger partial charge in [-0.3, -0.25) is 9.72 Å². The van der Waals surface area contributed by atoms with Crippen molar-refractivity contribution in [1.29, 1.82) is 0 Å². The van der Waals surface area contributed by atoms with E-state index >= 15 is 0 Å². The predicted octanol–water partition coefficient (Wildman–Crippen LogP) is 7.47. The van der Waals surface area contributed by atoms with E-state index in [0.717, 1.165) is 40.5 Å². The van der Waals surface area contributed by atoms with E-state index in [4.69, 9.17) is 21.4 Å². The van der Waals surface area contributed by atoms with Crippen molar-refractivity contribution in [1.82, 2.24) is 29.7 Å². The molecule has 2 aromatic carbocycles. The maximum atomic E-state index is 13.4. The maximum Gasteiger partial charge on any atom is 0.320 e. The van der Waals surface area contributed by atoms with Gasteiger partial charge in [0.25, 0.3) is 0 Å². The summed E-state index contributed by atoms with van der Waals surface area (Å²) < 4.78 is 10.1. The van der Waals surface area contributed by atoms with Crippen LogP contribution in [0, 0.1) is 0 Å². The van der Waals surface area contributed by atoms with Crippen LogP contribution >= 0.6 is 11.6 Å². The minimum absolute atomic E-state index is 0.0243. The van der Waals surface area contributed by atoms with Crippen molar-refractivity contribution in [2.75, 3.05) is 5.32 Å². The van der Waals surface area contributed by atoms with Crippen molar-refractivity contribution in [2.45, 2.75) is 70.9 Å². The Balaban J connectivity index is 1.22. The summed E-state index contributed by atoms with van der Waals surface area (Å²) >= 11 is 6.19. The van der Waals surface area contributed by atoms with Crippen LogP contribution in [0.1, 0.15) is 88.2 Å². The number of aromatic hydroxyl groups is 1. The Hall–Kier alpha value is -4.57. The predicted molar refractivity (Wildman–Crippen MR) is 170 cm³/mol. The van der Waals surface area contributed by atoms with E-state index in [2.05, 4.69) is 61.5 Å². The Bertz CT molecular complexity index is 1840. The normalized spacial score (nSPS) is 16.6. The monoisotopic (exact) mass is 613 g/mol. The van der Waals surface area contributed by atoms with Gasteiger partial charge < -0.3 is 15.2 Å². The molecule has 0 fully saturated rings. The number of nitrogens with zero attached hydrogens (tertiary/aromatic N) is 5. The molecule has 0 bridgehead atoms. The molecule has 11 heteroatoms. The summed E-state index contributed by atoms with van der Waals surface area (Å²) in [6, 6.07) is 18.0. The number of anilines is 1. The molecular formula is C33H36ClN7O3. The maximum absolute atomic E-state index is 13.4. The smallest absolute Gasteiger partial charge is 0.320 e. The SMILES string of the molecule is CC(C)c1nnc2ccc(O[C@H]3CC[C@H](NC(=O)Nc4cc(C(C)(C)C)nn4-c4ccc(O)c(Cl)c4)c4ccccc43)cn12. The summed E-state index contributed by atoms with van der Waals surface area (Å²) in [6.45, 7) is 10.3. The molecule has 0 saturated carbocycles. The van der Waals surface area contributed by atoms with E-state index in [1.165, 1.54) is 6.07 Å². The van der Waals surface area contributed by atoms with Crippen LogP contribution in [0.3, 0.4) is 0 Å². The van der Waals surface area contributed by atoms with Crippen molar-refractivity contribution in [2.24, 2.45) is 0 Å². The van der Waals surface area contributed by atoms with Gasteiger partial charge in [0.2, 0.25) is 0 Å². The molecule has 0 unspecified atom stereocenters. The number of carbonyl (C=O) groups excluding carboxylic acids is 1. The molecule has 228 valence electrons. The van der Waals surface area contributed by atoms with E-state index < -0.39 is 0 Å². The van der Waals surface area contributed by atoms with E-state index in [-0.39, 0.29) is 40.3 Å². The molecule has 3 N–H and O–H groups in total. The number of pyridine rings is 1. The molecule has 1 aliphatic rings. The first-order valence-corrected chi connectivity index (χ1v) is 15.1. The van der Waals surface area contributed by atoms with Crippen molar-refractivity contribution in [3.63, 3.8) is 0 Å². The van der Waals surface area contributed by atoms with Gasteiger partial charge in [0.05, 0.1) is 28.6 Å². The summed E-state index contributed by atoms with van der Waals surface area (Å²) in [6.07, 6.45) is 3.19. The lowest BCUT2D eigenvalue weighted by Crippen LogP contribution is -2.36. The fraction of sp³-hybridized carbons (Fsp3) is 0.333. The average molecular weight is 614 g/mol. The lowest BCUT2D eigenvalue weighted by Gasteiger charge is -2.32. The van der Waals surface area contributed by atoms with Gasteiger partial charge in [0, 0.05) is 17.4 Å². The second-order valence-electron chi connectivity index (χ2n) is 12.5. The first-order valence-electron chi connectivity index (χ1n) is 14.7. The number of phenolic OH excluding ortho intramolecular Hbond substituents is 1. The minimum atomic E-state index is -0.352. The molecule has 6 rings (SSSR count). The molecule has 2 amide bonds. The number of urea groups is 1. The summed E-state index contributed by atoms with van der Waals surface area (Å²) in [7, 11) is 0. The van der Waals surface area contributed by atoms with E-state index in [1.807, 2.05) is 47.0 Å². The highest BCUT2D eigenvalue weighted by atomic mass is 35.5. The third-order valence-electron chi connectivity index (χ3n) is 7.83. The van der Waals surface area contributed by atoms with Gasteiger partial charge >= 0.3 is 6.03 Å². The van der Waals surface area contributed by atoms with Crippen molar-refractivity contribution < 1.29 is 14.6 Å². The van der Waals surface area contributed by atoms with Crippen LogP contribution in [0.5, 0.6) is 11.5 Å². The number of rotatable bonds is 6. The molecule has 2 atom stereocenters. The van der Waals surface area contributed by atoms with Crippen LogP contribution in [0.25, 0.3) is 11.3 Å². The third kappa shape index (κ3) is 5.81. The topological polar surface area (TPSA) is 119 Å². The summed E-state index contributed by atoms with van der Waals surface area (Å²) in [4.78, 5) is 13.4. The van der Waals surface area contributed by atoms with Gasteiger partial charge in [-0.15, -0.1) is 10.2 Å². The largest absolute Gasteiger partial charge is 0.506 e. The molecular weight excluding hydrogens is 578 g/mol. The molecule has 1 aliphatic carbocycles. The number of benzene rings is 2. The first-order chi connectivity index (χ1) is 21.0. The number of hydrogen-bond acceptors (Lipinski definition) is 6. The highest BCUT2D eigenvalue weighted by Crippen LogP contribution is 2.39. The standard InChI is InChI=1S/C33H36ClN7O3/c1-19(2)31-38-37-29-15-11-21(18-40(29)31)44-27-14-12-25(22-8-6-7-9-23(22)27)35-32(43)36-30-17-28(33(3,4)5)39-41(30)20-10-13-26(42)24(34)16-20/h6-11,13,15-19,25,27,42H,12,14H2,1-5H3,(H2,35,36,43)/t25-,27-/m0/s1. The molecule has 3 aromatic heterocycles. The molecule has 10 nitrogen and oxygen atoms in total. The zero-order valence-corrected chi connectivity index (χ0v) is 26.1. The Kier molecular flexibility index (Phi) is 7.71. The Morgan fingerprint density at radius 3 is 2.55 bits per heavy atom. The van der Waals surface area contributed by atoms with Crippen molar-refractivity contribution >= 4 is 29.1 Å². The highest BCUT2D eigenvalue weighted by Gasteiger charge is 2.30. The quantitative estimate of drug-likeness (QED) is 0.183. The zero-order valence-electron chi connectivity index (χ0n) is 25.4. The summed E-state index contributed by atoms with van der Waals surface area (Å²) in [5.74, 6) is 2.31. The molecule has 5 aromatic rings. The number of ether oxygens (including phenoxy) is 1. The Morgan fingerprint density at radius 2 is 1.82 bits per heavy atom. The van der Waals surface area contributed by atoms with Gasteiger partial charge in [-0.1, -0.05) is 70.5 Å². The zero-order chi connectivity index (χ0) is 31.2. The van der Waals surface area contributed by atoms with Gasteiger partial charge in [-0.05, 0) is 54.3 Å². The van der Waals surface area contributed by atoms with E-state index in [1.54, 1.807) is 16.8 Å². The van der Waals surface area contributed by atoms with E-state index in [0.29, 0.717) is 17.9 Å². The van der Waals surface area contributed by atoms with Gasteiger partial charge in [-0.2, -0.15) is 5.10 Å². The molecule has 44 heavy (non-hydrogen) atoms. The number of amides is 2. The van der Waals surface area contributed by atoms with Crippen LogP contribution in [0.4, 0.5) is 10.6 Å². The molecule has 0 spiro atoms. The van der Waals surface area contributed by atoms with Crippen LogP contribution in [-0.2, 0) is 5.41 Å². The van der Waals surface area contributed by atoms with Crippen molar-refractivity contribution in [3.8, 4) is 17.2 Å². The highest BCUT2D eigenvalue weighted by molar-refractivity contribution is 6.32. The second kappa shape index (κ2) is 11.5. The van der Waals surface area contributed by atoms with Gasteiger partial charge in [0.15, 0.2) is 5.65 Å². The third-order valence-corrected chi connectivity index (χ3v) is 8.14. The van der Waals surface area contributed by atoms with E-state index in [9.17, 15) is 9.90 Å². The Morgan fingerprint density at radius 1 is 1.05 bits per heavy atom. The number of nitrogens with one attached hydrogen (secondary N) is 2. The van der Waals surface area contributed by atoms with Crippen LogP contribution in [-0.4, -0.2) is 35.5 Å². The number of hydrogen-bond donors (Lipinski definition) is 3. The fourth-order valence-corrected chi connectivity index (χ4v) is 5.69. The number of aromatic nitrogens is 5. The second-order valence-corrected chi connectivity index (χ2v) is 12.9. The van der Waals surface area contributed by atoms with Crippen LogP contribution < -0.4 is 15.4 Å². The molecule has 0 aliphatic heterocycles. The van der Waals surface area contributed by atoms with Gasteiger partial charge in [0.1, 0.15) is 29.2 Å². The number of fused-ring (bicyclic) bond motifs is 2. The molecule has 0 radical (unpaired) electrons. The molecule has 0 saturated heterocycles. The molecule has 3 heterocycles. The summed E-state index contributed by atoms with van der Waals surface area (Å²) in [5, 5.41) is 29.6. The van der Waals surface area contributed by atoms with Gasteiger partial charge in [-0.25, -0.2) is 9.48 Å². The number of carbonyl (C=O) groups is 1. The summed E-state index contributed by atoms with van der Waals surface area (Å²) in [5.41, 5.74) is 3.99. The minimum Gasteiger partial charge on any atom is -0.506 e. The van der Waals surface area contributed by atoms with Crippen molar-refractivity contribution in [3.05, 3.63) is 94.5 Å².